The van der Waals surface area contributed by atoms with Crippen molar-refractivity contribution in [3.05, 3.63) is 0 Å². The van der Waals surface area contributed by atoms with Crippen LogP contribution in [-0.2, 0) is 4.79 Å². The molecule has 0 aromatic heterocycles. The smallest absolute Gasteiger partial charge is 0.307 e. The third kappa shape index (κ3) is 1.46. The lowest BCUT2D eigenvalue weighted by Crippen LogP contribution is -2.14. The van der Waals surface area contributed by atoms with Crippen LogP contribution in [0.25, 0.3) is 0 Å². The average Bonchev–Trinajstić information content (AvgIpc) is 1.90. The molecule has 1 atom stereocenters. The molecule has 0 bridgehead atoms. The molecule has 0 amide bonds. The zero-order valence-electron chi connectivity index (χ0n) is 5.05. The van der Waals surface area contributed by atoms with Crippen LogP contribution in [0.15, 0.2) is 0 Å². The van der Waals surface area contributed by atoms with Crippen LogP contribution in [-0.4, -0.2) is 11.1 Å². The van der Waals surface area contributed by atoms with Crippen LogP contribution in [0.5, 0.6) is 0 Å². The molecule has 0 aromatic carbocycles. The molecule has 0 fully saturated rings. The summed E-state index contributed by atoms with van der Waals surface area (Å²) in [6, 6.07) is 0. The largest absolute Gasteiger partial charge is 0.481 e. The summed E-state index contributed by atoms with van der Waals surface area (Å²) in [5.74, 6) is 4.73. The van der Waals surface area contributed by atoms with Gasteiger partial charge in [0.15, 0.2) is 0 Å². The van der Waals surface area contributed by atoms with E-state index in [0.29, 0.717) is 6.42 Å². The van der Waals surface area contributed by atoms with E-state index in [1.54, 1.807) is 0 Å². The first kappa shape index (κ1) is 6.15. The summed E-state index contributed by atoms with van der Waals surface area (Å²) in [7, 11) is 0. The standard InChI is InChI=1S/C7H8O2/c8-7(9)6-4-2-1-3-5-6/h6H,2,4-5H2,(H,8,9). The maximum absolute atomic E-state index is 10.3. The zero-order chi connectivity index (χ0) is 6.69. The molecule has 2 heteroatoms. The highest BCUT2D eigenvalue weighted by molar-refractivity contribution is 5.70. The van der Waals surface area contributed by atoms with Crippen molar-refractivity contribution in [1.82, 2.24) is 0 Å². The highest BCUT2D eigenvalue weighted by Crippen LogP contribution is 2.13. The molecule has 1 rings (SSSR count). The van der Waals surface area contributed by atoms with Crippen molar-refractivity contribution >= 4 is 5.97 Å². The van der Waals surface area contributed by atoms with Gasteiger partial charge < -0.3 is 5.11 Å². The molecule has 2 nitrogen and oxygen atoms in total. The van der Waals surface area contributed by atoms with E-state index in [2.05, 4.69) is 11.8 Å². The van der Waals surface area contributed by atoms with Gasteiger partial charge in [-0.25, -0.2) is 0 Å². The van der Waals surface area contributed by atoms with Crippen LogP contribution >= 0.6 is 0 Å². The lowest BCUT2D eigenvalue weighted by Gasteiger charge is -2.08. The van der Waals surface area contributed by atoms with Crippen molar-refractivity contribution in [1.29, 1.82) is 0 Å². The fourth-order valence-electron chi connectivity index (χ4n) is 0.843. The van der Waals surface area contributed by atoms with Gasteiger partial charge in [-0.3, -0.25) is 4.79 Å². The molecule has 0 heterocycles. The number of carboxylic acids is 1. The van der Waals surface area contributed by atoms with Crippen molar-refractivity contribution in [2.75, 3.05) is 0 Å². The molecule has 0 spiro atoms. The van der Waals surface area contributed by atoms with Crippen LogP contribution in [0.2, 0.25) is 0 Å². The third-order valence-corrected chi connectivity index (χ3v) is 1.44. The van der Waals surface area contributed by atoms with Crippen LogP contribution in [0.3, 0.4) is 0 Å². The van der Waals surface area contributed by atoms with E-state index in [1.807, 2.05) is 0 Å². The summed E-state index contributed by atoms with van der Waals surface area (Å²) in [5, 5.41) is 8.47. The highest BCUT2D eigenvalue weighted by atomic mass is 16.4. The topological polar surface area (TPSA) is 37.3 Å². The average molecular weight is 124 g/mol. The summed E-state index contributed by atoms with van der Waals surface area (Å²) >= 11 is 0. The summed E-state index contributed by atoms with van der Waals surface area (Å²) in [4.78, 5) is 10.3. The van der Waals surface area contributed by atoms with Gasteiger partial charge >= 0.3 is 5.97 Å². The summed E-state index contributed by atoms with van der Waals surface area (Å²) in [5.41, 5.74) is 0. The lowest BCUT2D eigenvalue weighted by atomic mass is 9.97. The second kappa shape index (κ2) is 2.54. The van der Waals surface area contributed by atoms with Crippen LogP contribution in [0, 0.1) is 17.8 Å². The normalized spacial score (nSPS) is 24.2. The first-order valence-electron chi connectivity index (χ1n) is 2.99. The number of aliphatic carboxylic acids is 1. The van der Waals surface area contributed by atoms with Crippen molar-refractivity contribution in [3.63, 3.8) is 0 Å². The quantitative estimate of drug-likeness (QED) is 0.527. The first-order valence-corrected chi connectivity index (χ1v) is 2.99. The SMILES string of the molecule is O=C(O)C1CC#CCC1. The number of carboxylic acid groups (broad SMARTS) is 1. The number of carbonyl (C=O) groups is 1. The maximum Gasteiger partial charge on any atom is 0.307 e. The van der Waals surface area contributed by atoms with E-state index in [-0.39, 0.29) is 5.92 Å². The van der Waals surface area contributed by atoms with E-state index < -0.39 is 5.97 Å². The molecule has 0 aliphatic heterocycles. The van der Waals surface area contributed by atoms with Gasteiger partial charge in [0.25, 0.3) is 0 Å². The molecule has 48 valence electrons. The van der Waals surface area contributed by atoms with Gasteiger partial charge in [-0.1, -0.05) is 0 Å². The van der Waals surface area contributed by atoms with Crippen molar-refractivity contribution in [3.8, 4) is 11.8 Å². The second-order valence-corrected chi connectivity index (χ2v) is 2.13. The molecule has 0 saturated heterocycles. The van der Waals surface area contributed by atoms with Crippen molar-refractivity contribution in [2.24, 2.45) is 5.92 Å². The molecule has 1 aliphatic rings. The molecule has 0 radical (unpaired) electrons. The van der Waals surface area contributed by atoms with E-state index in [9.17, 15) is 4.79 Å². The monoisotopic (exact) mass is 124 g/mol. The van der Waals surface area contributed by atoms with E-state index in [0.717, 1.165) is 12.8 Å². The zero-order valence-corrected chi connectivity index (χ0v) is 5.05. The van der Waals surface area contributed by atoms with E-state index in [1.165, 1.54) is 0 Å². The number of hydrogen-bond acceptors (Lipinski definition) is 1. The van der Waals surface area contributed by atoms with Gasteiger partial charge in [-0.2, -0.15) is 0 Å². The Balaban J connectivity index is 2.48. The minimum atomic E-state index is -0.705. The van der Waals surface area contributed by atoms with E-state index in [4.69, 9.17) is 5.11 Å². The Morgan fingerprint density at radius 1 is 1.56 bits per heavy atom. The Labute approximate surface area is 53.9 Å². The van der Waals surface area contributed by atoms with Crippen LogP contribution in [0.4, 0.5) is 0 Å². The predicted molar refractivity (Wildman–Crippen MR) is 32.8 cm³/mol. The minimum absolute atomic E-state index is 0.203. The van der Waals surface area contributed by atoms with Gasteiger partial charge in [-0.15, -0.1) is 11.8 Å². The Kier molecular flexibility index (Phi) is 1.74. The van der Waals surface area contributed by atoms with Gasteiger partial charge in [-0.05, 0) is 6.42 Å². The Morgan fingerprint density at radius 2 is 2.33 bits per heavy atom. The van der Waals surface area contributed by atoms with Gasteiger partial charge in [0, 0.05) is 12.8 Å². The number of rotatable bonds is 1. The molecule has 0 saturated carbocycles. The maximum atomic E-state index is 10.3. The summed E-state index contributed by atoms with van der Waals surface area (Å²) in [6.45, 7) is 0. The van der Waals surface area contributed by atoms with Crippen molar-refractivity contribution in [2.45, 2.75) is 19.3 Å². The van der Waals surface area contributed by atoms with Crippen molar-refractivity contribution < 1.29 is 9.90 Å². The molecular formula is C7H8O2. The molecule has 1 N–H and O–H groups in total. The van der Waals surface area contributed by atoms with Crippen LogP contribution < -0.4 is 0 Å². The molecule has 0 aromatic rings. The van der Waals surface area contributed by atoms with Gasteiger partial charge in [0.05, 0.1) is 5.92 Å². The van der Waals surface area contributed by atoms with Gasteiger partial charge in [0.1, 0.15) is 0 Å². The first-order chi connectivity index (χ1) is 4.30. The third-order valence-electron chi connectivity index (χ3n) is 1.44. The Morgan fingerprint density at radius 3 is 2.67 bits per heavy atom. The fourth-order valence-corrected chi connectivity index (χ4v) is 0.843. The molecular weight excluding hydrogens is 116 g/mol. The molecule has 1 unspecified atom stereocenters. The number of hydrogen-bond donors (Lipinski definition) is 1. The Bertz CT molecular complexity index is 173. The summed E-state index contributed by atoms with van der Waals surface area (Å²) in [6.07, 6.45) is 2.01. The van der Waals surface area contributed by atoms with Gasteiger partial charge in [0.2, 0.25) is 0 Å². The summed E-state index contributed by atoms with van der Waals surface area (Å²) < 4.78 is 0. The van der Waals surface area contributed by atoms with E-state index >= 15 is 0 Å². The molecule has 1 aliphatic carbocycles. The van der Waals surface area contributed by atoms with Crippen LogP contribution in [0.1, 0.15) is 19.3 Å². The lowest BCUT2D eigenvalue weighted by molar-refractivity contribution is -0.141. The minimum Gasteiger partial charge on any atom is -0.481 e. The molecule has 9 heavy (non-hydrogen) atoms. The Hall–Kier alpha value is -0.970. The fraction of sp³-hybridized carbons (Fsp3) is 0.571. The highest BCUT2D eigenvalue weighted by Gasteiger charge is 2.16. The second-order valence-electron chi connectivity index (χ2n) is 2.13. The predicted octanol–water partition coefficient (Wildman–Crippen LogP) is 0.875.